The third kappa shape index (κ3) is 2.18. The first kappa shape index (κ1) is 9.78. The summed E-state index contributed by atoms with van der Waals surface area (Å²) in [7, 11) is 1.96. The van der Waals surface area contributed by atoms with Crippen LogP contribution in [0.25, 0.3) is 5.57 Å². The molecule has 2 rings (SSSR count). The van der Waals surface area contributed by atoms with Gasteiger partial charge in [0.1, 0.15) is 0 Å². The molecular weight excluding hydrogens is 182 g/mol. The minimum atomic E-state index is 1.00. The molecular formula is C14H15N. The number of anilines is 1. The fraction of sp³-hybridized carbons (Fsp3) is 0.143. The minimum Gasteiger partial charge on any atom is -0.388 e. The molecule has 0 heterocycles. The van der Waals surface area contributed by atoms with Crippen molar-refractivity contribution in [3.63, 3.8) is 0 Å². The highest BCUT2D eigenvalue weighted by atomic mass is 14.8. The Morgan fingerprint density at radius 1 is 1.13 bits per heavy atom. The van der Waals surface area contributed by atoms with Crippen LogP contribution in [-0.4, -0.2) is 7.05 Å². The van der Waals surface area contributed by atoms with E-state index in [1.165, 1.54) is 16.8 Å². The number of nitrogens with one attached hydrogen (secondary N) is 1. The van der Waals surface area contributed by atoms with Crippen molar-refractivity contribution < 1.29 is 0 Å². The summed E-state index contributed by atoms with van der Waals surface area (Å²) in [4.78, 5) is 0. The van der Waals surface area contributed by atoms with Gasteiger partial charge in [-0.2, -0.15) is 0 Å². The van der Waals surface area contributed by atoms with Gasteiger partial charge in [-0.15, -0.1) is 0 Å². The van der Waals surface area contributed by atoms with Gasteiger partial charge in [0.25, 0.3) is 0 Å². The molecule has 76 valence electrons. The maximum atomic E-state index is 3.22. The SMILES string of the molecule is CNc1ccccc1C1=CCC=CC=C1. The Morgan fingerprint density at radius 2 is 2.00 bits per heavy atom. The van der Waals surface area contributed by atoms with Crippen LogP contribution in [0.5, 0.6) is 0 Å². The monoisotopic (exact) mass is 197 g/mol. The van der Waals surface area contributed by atoms with Crippen LogP contribution in [-0.2, 0) is 0 Å². The fourth-order valence-electron chi connectivity index (χ4n) is 1.73. The van der Waals surface area contributed by atoms with Crippen LogP contribution in [0.3, 0.4) is 0 Å². The first-order valence-corrected chi connectivity index (χ1v) is 5.22. The quantitative estimate of drug-likeness (QED) is 0.763. The van der Waals surface area contributed by atoms with Crippen molar-refractivity contribution in [1.29, 1.82) is 0 Å². The van der Waals surface area contributed by atoms with Crippen LogP contribution in [0.2, 0.25) is 0 Å². The second kappa shape index (κ2) is 4.65. The van der Waals surface area contributed by atoms with E-state index in [2.05, 4.69) is 60.0 Å². The summed E-state index contributed by atoms with van der Waals surface area (Å²) in [6, 6.07) is 8.37. The lowest BCUT2D eigenvalue weighted by molar-refractivity contribution is 1.40. The number of allylic oxidation sites excluding steroid dienone is 6. The van der Waals surface area contributed by atoms with E-state index in [-0.39, 0.29) is 0 Å². The van der Waals surface area contributed by atoms with E-state index in [1.54, 1.807) is 0 Å². The van der Waals surface area contributed by atoms with Crippen LogP contribution < -0.4 is 5.32 Å². The van der Waals surface area contributed by atoms with Crippen molar-refractivity contribution >= 4 is 11.3 Å². The highest BCUT2D eigenvalue weighted by molar-refractivity contribution is 5.82. The maximum Gasteiger partial charge on any atom is 0.0417 e. The molecule has 0 amide bonds. The summed E-state index contributed by atoms with van der Waals surface area (Å²) in [5.41, 5.74) is 3.72. The van der Waals surface area contributed by atoms with Gasteiger partial charge in [0.05, 0.1) is 0 Å². The molecule has 1 aromatic rings. The molecule has 0 fully saturated rings. The predicted octanol–water partition coefficient (Wildman–Crippen LogP) is 3.63. The van der Waals surface area contributed by atoms with E-state index in [0.717, 1.165) is 6.42 Å². The van der Waals surface area contributed by atoms with Gasteiger partial charge in [0.2, 0.25) is 0 Å². The minimum absolute atomic E-state index is 1.00. The summed E-state index contributed by atoms with van der Waals surface area (Å²) in [5, 5.41) is 3.22. The molecule has 0 saturated carbocycles. The zero-order chi connectivity index (χ0) is 10.5. The molecule has 1 aliphatic carbocycles. The van der Waals surface area contributed by atoms with Crippen LogP contribution in [0.1, 0.15) is 12.0 Å². The highest BCUT2D eigenvalue weighted by Crippen LogP contribution is 2.25. The van der Waals surface area contributed by atoms with Crippen molar-refractivity contribution in [1.82, 2.24) is 0 Å². The first-order chi connectivity index (χ1) is 7.42. The average Bonchev–Trinajstić information content (AvgIpc) is 2.57. The number of hydrogen-bond acceptors (Lipinski definition) is 1. The molecule has 0 saturated heterocycles. The Bertz CT molecular complexity index is 425. The number of rotatable bonds is 2. The van der Waals surface area contributed by atoms with Crippen molar-refractivity contribution in [3.8, 4) is 0 Å². The Labute approximate surface area is 90.8 Å². The smallest absolute Gasteiger partial charge is 0.0417 e. The van der Waals surface area contributed by atoms with Crippen molar-refractivity contribution in [2.75, 3.05) is 12.4 Å². The molecule has 1 nitrogen and oxygen atoms in total. The topological polar surface area (TPSA) is 12.0 Å². The standard InChI is InChI=1S/C14H15N/c1-15-14-11-7-6-10-13(14)12-8-4-2-3-5-9-12/h2-4,6-11,15H,5H2,1H3. The number of para-hydroxylation sites is 1. The molecule has 15 heavy (non-hydrogen) atoms. The normalized spacial score (nSPS) is 14.6. The molecule has 1 aliphatic rings. The molecule has 0 aromatic heterocycles. The van der Waals surface area contributed by atoms with Crippen molar-refractivity contribution in [3.05, 3.63) is 60.2 Å². The lowest BCUT2D eigenvalue weighted by Gasteiger charge is -2.09. The molecule has 1 N–H and O–H groups in total. The second-order valence-electron chi connectivity index (χ2n) is 3.48. The Balaban J connectivity index is 2.40. The van der Waals surface area contributed by atoms with Gasteiger partial charge < -0.3 is 5.32 Å². The summed E-state index contributed by atoms with van der Waals surface area (Å²) in [6.07, 6.45) is 11.7. The fourth-order valence-corrected chi connectivity index (χ4v) is 1.73. The summed E-state index contributed by atoms with van der Waals surface area (Å²) >= 11 is 0. The van der Waals surface area contributed by atoms with Gasteiger partial charge in [-0.3, -0.25) is 0 Å². The Hall–Kier alpha value is -1.76. The number of hydrogen-bond donors (Lipinski definition) is 1. The van der Waals surface area contributed by atoms with Gasteiger partial charge in [-0.05, 0) is 18.1 Å². The molecule has 0 unspecified atom stereocenters. The van der Waals surface area contributed by atoms with E-state index >= 15 is 0 Å². The zero-order valence-corrected chi connectivity index (χ0v) is 8.90. The van der Waals surface area contributed by atoms with Gasteiger partial charge in [-0.1, -0.05) is 48.6 Å². The van der Waals surface area contributed by atoms with E-state index < -0.39 is 0 Å². The van der Waals surface area contributed by atoms with Crippen molar-refractivity contribution in [2.24, 2.45) is 0 Å². The predicted molar refractivity (Wildman–Crippen MR) is 66.9 cm³/mol. The molecule has 1 heteroatoms. The molecule has 0 aliphatic heterocycles. The molecule has 0 bridgehead atoms. The van der Waals surface area contributed by atoms with E-state index in [1.807, 2.05) is 7.05 Å². The van der Waals surface area contributed by atoms with Gasteiger partial charge >= 0.3 is 0 Å². The van der Waals surface area contributed by atoms with Crippen molar-refractivity contribution in [2.45, 2.75) is 6.42 Å². The largest absolute Gasteiger partial charge is 0.388 e. The molecule has 0 radical (unpaired) electrons. The summed E-state index contributed by atoms with van der Waals surface area (Å²) < 4.78 is 0. The highest BCUT2D eigenvalue weighted by Gasteiger charge is 2.03. The van der Waals surface area contributed by atoms with E-state index in [4.69, 9.17) is 0 Å². The Morgan fingerprint density at radius 3 is 2.87 bits per heavy atom. The molecule has 0 atom stereocenters. The lowest BCUT2D eigenvalue weighted by atomic mass is 10.0. The lowest BCUT2D eigenvalue weighted by Crippen LogP contribution is -1.93. The van der Waals surface area contributed by atoms with Gasteiger partial charge in [0, 0.05) is 18.3 Å². The summed E-state index contributed by atoms with van der Waals surface area (Å²) in [5.74, 6) is 0. The molecule has 0 spiro atoms. The van der Waals surface area contributed by atoms with Crippen LogP contribution in [0.15, 0.2) is 54.6 Å². The average molecular weight is 197 g/mol. The first-order valence-electron chi connectivity index (χ1n) is 5.22. The third-order valence-corrected chi connectivity index (χ3v) is 2.50. The van der Waals surface area contributed by atoms with Gasteiger partial charge in [-0.25, -0.2) is 0 Å². The zero-order valence-electron chi connectivity index (χ0n) is 8.90. The Kier molecular flexibility index (Phi) is 3.03. The molecule has 1 aromatic carbocycles. The van der Waals surface area contributed by atoms with Crippen LogP contribution in [0, 0.1) is 0 Å². The van der Waals surface area contributed by atoms with E-state index in [0.29, 0.717) is 0 Å². The third-order valence-electron chi connectivity index (χ3n) is 2.50. The van der Waals surface area contributed by atoms with Crippen LogP contribution >= 0.6 is 0 Å². The van der Waals surface area contributed by atoms with Gasteiger partial charge in [0.15, 0.2) is 0 Å². The van der Waals surface area contributed by atoms with E-state index in [9.17, 15) is 0 Å². The summed E-state index contributed by atoms with van der Waals surface area (Å²) in [6.45, 7) is 0. The maximum absolute atomic E-state index is 3.22. The number of benzene rings is 1. The van der Waals surface area contributed by atoms with Crippen LogP contribution in [0.4, 0.5) is 5.69 Å². The second-order valence-corrected chi connectivity index (χ2v) is 3.48.